The number of carbonyl (C=O) groups is 2. The second-order valence-corrected chi connectivity index (χ2v) is 3.22. The summed E-state index contributed by atoms with van der Waals surface area (Å²) >= 11 is 0. The molecule has 0 spiro atoms. The number of ether oxygens (including phenoxy) is 1. The molecule has 3 nitrogen and oxygen atoms in total. The minimum atomic E-state index is -0.523. The molecular weight excluding hydrogens is 168 g/mol. The molecule has 0 radical (unpaired) electrons. The Labute approximate surface area is 79.5 Å². The van der Waals surface area contributed by atoms with Crippen LogP contribution in [-0.4, -0.2) is 11.9 Å². The Morgan fingerprint density at radius 2 is 1.46 bits per heavy atom. The average Bonchev–Trinajstić information content (AvgIpc) is 2.07. The van der Waals surface area contributed by atoms with E-state index in [1.807, 2.05) is 20.8 Å². The standard InChI is InChI=1S/C10H18O3/c1-5-10(6-2,7-3)9(12)13-8(4)11/h5-7H2,1-4H3. The third kappa shape index (κ3) is 2.83. The molecule has 0 bridgehead atoms. The maximum absolute atomic E-state index is 11.5. The fourth-order valence-electron chi connectivity index (χ4n) is 1.42. The van der Waals surface area contributed by atoms with Gasteiger partial charge in [-0.15, -0.1) is 0 Å². The Bertz CT molecular complexity index is 184. The van der Waals surface area contributed by atoms with Gasteiger partial charge < -0.3 is 4.74 Å². The van der Waals surface area contributed by atoms with Crippen LogP contribution in [0.15, 0.2) is 0 Å². The zero-order valence-electron chi connectivity index (χ0n) is 8.85. The van der Waals surface area contributed by atoms with Crippen LogP contribution < -0.4 is 0 Å². The SMILES string of the molecule is CCC(CC)(CC)C(=O)OC(C)=O. The molecule has 0 saturated heterocycles. The van der Waals surface area contributed by atoms with Crippen molar-refractivity contribution < 1.29 is 14.3 Å². The van der Waals surface area contributed by atoms with Crippen LogP contribution in [0, 0.1) is 5.41 Å². The summed E-state index contributed by atoms with van der Waals surface area (Å²) < 4.78 is 4.61. The van der Waals surface area contributed by atoms with Gasteiger partial charge in [-0.2, -0.15) is 0 Å². The Morgan fingerprint density at radius 3 is 1.69 bits per heavy atom. The molecule has 0 amide bonds. The maximum atomic E-state index is 11.5. The van der Waals surface area contributed by atoms with Gasteiger partial charge in [-0.25, -0.2) is 0 Å². The minimum absolute atomic E-state index is 0.382. The molecule has 0 unspecified atom stereocenters. The highest BCUT2D eigenvalue weighted by molar-refractivity contribution is 5.87. The highest BCUT2D eigenvalue weighted by atomic mass is 16.6. The lowest BCUT2D eigenvalue weighted by Crippen LogP contribution is -2.32. The van der Waals surface area contributed by atoms with Crippen LogP contribution in [0.1, 0.15) is 47.0 Å². The second-order valence-electron chi connectivity index (χ2n) is 3.22. The van der Waals surface area contributed by atoms with Crippen LogP contribution in [0.25, 0.3) is 0 Å². The first-order valence-corrected chi connectivity index (χ1v) is 4.75. The fourth-order valence-corrected chi connectivity index (χ4v) is 1.42. The number of rotatable bonds is 4. The van der Waals surface area contributed by atoms with Crippen molar-refractivity contribution in [1.29, 1.82) is 0 Å². The van der Waals surface area contributed by atoms with E-state index >= 15 is 0 Å². The molecule has 0 aliphatic carbocycles. The maximum Gasteiger partial charge on any atom is 0.319 e. The molecule has 3 heteroatoms. The predicted molar refractivity (Wildman–Crippen MR) is 50.1 cm³/mol. The quantitative estimate of drug-likeness (QED) is 0.499. The number of hydrogen-bond donors (Lipinski definition) is 0. The van der Waals surface area contributed by atoms with Crippen molar-refractivity contribution in [3.63, 3.8) is 0 Å². The molecule has 0 N–H and O–H groups in total. The van der Waals surface area contributed by atoms with E-state index in [0.29, 0.717) is 19.3 Å². The summed E-state index contributed by atoms with van der Waals surface area (Å²) in [7, 11) is 0. The lowest BCUT2D eigenvalue weighted by atomic mass is 9.80. The van der Waals surface area contributed by atoms with Crippen LogP contribution >= 0.6 is 0 Å². The third-order valence-corrected chi connectivity index (χ3v) is 2.70. The second kappa shape index (κ2) is 5.00. The van der Waals surface area contributed by atoms with Gasteiger partial charge in [0, 0.05) is 6.92 Å². The minimum Gasteiger partial charge on any atom is -0.393 e. The first-order chi connectivity index (χ1) is 6.02. The highest BCUT2D eigenvalue weighted by Gasteiger charge is 2.35. The van der Waals surface area contributed by atoms with Crippen molar-refractivity contribution in [3.8, 4) is 0 Å². The largest absolute Gasteiger partial charge is 0.393 e. The summed E-state index contributed by atoms with van der Waals surface area (Å²) in [6, 6.07) is 0. The zero-order valence-corrected chi connectivity index (χ0v) is 8.85. The zero-order chi connectivity index (χ0) is 10.5. The molecule has 0 saturated carbocycles. The molecular formula is C10H18O3. The summed E-state index contributed by atoms with van der Waals surface area (Å²) in [5.41, 5.74) is -0.467. The lowest BCUT2D eigenvalue weighted by molar-refractivity contribution is -0.166. The van der Waals surface area contributed by atoms with E-state index in [1.165, 1.54) is 6.92 Å². The van der Waals surface area contributed by atoms with Gasteiger partial charge in [0.1, 0.15) is 0 Å². The molecule has 76 valence electrons. The fraction of sp³-hybridized carbons (Fsp3) is 0.800. The molecule has 0 heterocycles. The van der Waals surface area contributed by atoms with Crippen LogP contribution in [0.5, 0.6) is 0 Å². The van der Waals surface area contributed by atoms with Crippen molar-refractivity contribution >= 4 is 11.9 Å². The van der Waals surface area contributed by atoms with Gasteiger partial charge >= 0.3 is 11.9 Å². The summed E-state index contributed by atoms with van der Waals surface area (Å²) in [6.07, 6.45) is 2.14. The van der Waals surface area contributed by atoms with E-state index in [2.05, 4.69) is 4.74 Å². The molecule has 0 aromatic heterocycles. The van der Waals surface area contributed by atoms with E-state index < -0.39 is 11.4 Å². The van der Waals surface area contributed by atoms with Crippen molar-refractivity contribution in [2.45, 2.75) is 47.0 Å². The van der Waals surface area contributed by atoms with Gasteiger partial charge in [-0.3, -0.25) is 9.59 Å². The van der Waals surface area contributed by atoms with Gasteiger partial charge in [0.2, 0.25) is 0 Å². The lowest BCUT2D eigenvalue weighted by Gasteiger charge is -2.26. The molecule has 0 atom stereocenters. The predicted octanol–water partition coefficient (Wildman–Crippen LogP) is 2.29. The van der Waals surface area contributed by atoms with Gasteiger partial charge in [0.05, 0.1) is 5.41 Å². The van der Waals surface area contributed by atoms with Crippen molar-refractivity contribution in [1.82, 2.24) is 0 Å². The molecule has 0 aliphatic rings. The summed E-state index contributed by atoms with van der Waals surface area (Å²) in [4.78, 5) is 22.1. The number of carbonyl (C=O) groups excluding carboxylic acids is 2. The van der Waals surface area contributed by atoms with E-state index in [-0.39, 0.29) is 5.97 Å². The summed E-state index contributed by atoms with van der Waals surface area (Å²) in [6.45, 7) is 7.07. The van der Waals surface area contributed by atoms with Crippen LogP contribution in [0.2, 0.25) is 0 Å². The molecule has 0 aromatic rings. The first-order valence-electron chi connectivity index (χ1n) is 4.75. The average molecular weight is 186 g/mol. The van der Waals surface area contributed by atoms with Gasteiger partial charge in [-0.05, 0) is 19.3 Å². The molecule has 0 rings (SSSR count). The third-order valence-electron chi connectivity index (χ3n) is 2.70. The first kappa shape index (κ1) is 12.1. The van der Waals surface area contributed by atoms with Gasteiger partial charge in [-0.1, -0.05) is 20.8 Å². The molecule has 0 aliphatic heterocycles. The highest BCUT2D eigenvalue weighted by Crippen LogP contribution is 2.31. The number of esters is 2. The smallest absolute Gasteiger partial charge is 0.319 e. The Balaban J connectivity index is 4.53. The summed E-state index contributed by atoms with van der Waals surface area (Å²) in [5.74, 6) is -0.905. The van der Waals surface area contributed by atoms with E-state index in [4.69, 9.17) is 0 Å². The van der Waals surface area contributed by atoms with Crippen molar-refractivity contribution in [2.24, 2.45) is 5.41 Å². The molecule has 13 heavy (non-hydrogen) atoms. The normalized spacial score (nSPS) is 11.1. The molecule has 0 fully saturated rings. The van der Waals surface area contributed by atoms with E-state index in [0.717, 1.165) is 0 Å². The Morgan fingerprint density at radius 1 is 1.08 bits per heavy atom. The topological polar surface area (TPSA) is 43.4 Å². The summed E-state index contributed by atoms with van der Waals surface area (Å²) in [5, 5.41) is 0. The van der Waals surface area contributed by atoms with E-state index in [1.54, 1.807) is 0 Å². The van der Waals surface area contributed by atoms with E-state index in [9.17, 15) is 9.59 Å². The van der Waals surface area contributed by atoms with Gasteiger partial charge in [0.25, 0.3) is 0 Å². The van der Waals surface area contributed by atoms with Crippen molar-refractivity contribution in [2.75, 3.05) is 0 Å². The van der Waals surface area contributed by atoms with Crippen LogP contribution in [-0.2, 0) is 14.3 Å². The van der Waals surface area contributed by atoms with Crippen molar-refractivity contribution in [3.05, 3.63) is 0 Å². The Hall–Kier alpha value is -0.860. The monoisotopic (exact) mass is 186 g/mol. The van der Waals surface area contributed by atoms with Gasteiger partial charge in [0.15, 0.2) is 0 Å². The molecule has 0 aromatic carbocycles. The van der Waals surface area contributed by atoms with Crippen LogP contribution in [0.3, 0.4) is 0 Å². The van der Waals surface area contributed by atoms with Crippen LogP contribution in [0.4, 0.5) is 0 Å². The Kier molecular flexibility index (Phi) is 4.67. The number of hydrogen-bond acceptors (Lipinski definition) is 3.